The highest BCUT2D eigenvalue weighted by Crippen LogP contribution is 2.10. The van der Waals surface area contributed by atoms with E-state index in [1.807, 2.05) is 0 Å². The lowest BCUT2D eigenvalue weighted by molar-refractivity contribution is -0.113. The smallest absolute Gasteiger partial charge is 0.241 e. The molecule has 2 N–H and O–H groups in total. The molecule has 2 nitrogen and oxygen atoms in total. The minimum Gasteiger partial charge on any atom is -0.366 e. The Labute approximate surface area is 73.7 Å². The van der Waals surface area contributed by atoms with Gasteiger partial charge in [0.25, 0.3) is 0 Å². The third-order valence-electron chi connectivity index (χ3n) is 1.39. The molecule has 0 aromatic heterocycles. The third-order valence-corrected chi connectivity index (χ3v) is 1.39. The van der Waals surface area contributed by atoms with Crippen LogP contribution in [0.25, 0.3) is 6.08 Å². The Bertz CT molecular complexity index is 361. The molecule has 0 spiro atoms. The first-order chi connectivity index (χ1) is 6.09. The van der Waals surface area contributed by atoms with E-state index in [0.717, 1.165) is 18.2 Å². The fourth-order valence-electron chi connectivity index (χ4n) is 0.809. The summed E-state index contributed by atoms with van der Waals surface area (Å²) < 4.78 is 25.2. The first-order valence-electron chi connectivity index (χ1n) is 3.52. The maximum absolute atomic E-state index is 12.9. The number of nitrogens with two attached hydrogens (primary N) is 1. The molecule has 0 aliphatic rings. The minimum atomic E-state index is -0.725. The van der Waals surface area contributed by atoms with Gasteiger partial charge in [0.1, 0.15) is 11.6 Å². The van der Waals surface area contributed by atoms with Crippen LogP contribution in [-0.4, -0.2) is 5.91 Å². The maximum atomic E-state index is 12.9. The molecular weight excluding hydrogens is 176 g/mol. The van der Waals surface area contributed by atoms with Crippen molar-refractivity contribution in [1.29, 1.82) is 0 Å². The zero-order valence-corrected chi connectivity index (χ0v) is 6.63. The fourth-order valence-corrected chi connectivity index (χ4v) is 0.809. The van der Waals surface area contributed by atoms with E-state index in [1.165, 1.54) is 12.1 Å². The van der Waals surface area contributed by atoms with Crippen LogP contribution in [0.4, 0.5) is 8.78 Å². The number of benzene rings is 1. The van der Waals surface area contributed by atoms with Crippen molar-refractivity contribution in [1.82, 2.24) is 0 Å². The lowest BCUT2D eigenvalue weighted by Crippen LogP contribution is -2.05. The van der Waals surface area contributed by atoms with Gasteiger partial charge in [-0.05, 0) is 18.2 Å². The second kappa shape index (κ2) is 3.80. The van der Waals surface area contributed by atoms with Gasteiger partial charge in [-0.25, -0.2) is 8.78 Å². The third kappa shape index (κ3) is 2.66. The molecule has 1 aromatic rings. The average molecular weight is 183 g/mol. The number of hydrogen-bond donors (Lipinski definition) is 1. The van der Waals surface area contributed by atoms with E-state index in [9.17, 15) is 13.6 Å². The van der Waals surface area contributed by atoms with Crippen molar-refractivity contribution in [2.45, 2.75) is 0 Å². The van der Waals surface area contributed by atoms with Crippen LogP contribution in [0.15, 0.2) is 24.3 Å². The predicted octanol–water partition coefficient (Wildman–Crippen LogP) is 1.46. The van der Waals surface area contributed by atoms with Crippen LogP contribution in [0, 0.1) is 11.6 Å². The van der Waals surface area contributed by atoms with Crippen LogP contribution in [0.2, 0.25) is 0 Å². The van der Waals surface area contributed by atoms with Crippen molar-refractivity contribution in [2.24, 2.45) is 5.73 Å². The number of carbonyl (C=O) groups is 1. The van der Waals surface area contributed by atoms with Gasteiger partial charge in [-0.1, -0.05) is 0 Å². The number of amides is 1. The summed E-state index contributed by atoms with van der Waals surface area (Å²) in [7, 11) is 0. The molecule has 0 unspecified atom stereocenters. The number of rotatable bonds is 2. The molecule has 1 amide bonds. The van der Waals surface area contributed by atoms with Gasteiger partial charge in [0.05, 0.1) is 0 Å². The van der Waals surface area contributed by atoms with Gasteiger partial charge in [-0.15, -0.1) is 0 Å². The van der Waals surface area contributed by atoms with E-state index in [1.54, 1.807) is 0 Å². The molecule has 0 saturated carbocycles. The van der Waals surface area contributed by atoms with E-state index in [0.29, 0.717) is 0 Å². The maximum Gasteiger partial charge on any atom is 0.241 e. The summed E-state index contributed by atoms with van der Waals surface area (Å²) in [5, 5.41) is 0. The van der Waals surface area contributed by atoms with Gasteiger partial charge >= 0.3 is 0 Å². The van der Waals surface area contributed by atoms with Gasteiger partial charge in [-0.2, -0.15) is 0 Å². The number of halogens is 2. The van der Waals surface area contributed by atoms with Crippen LogP contribution in [-0.2, 0) is 4.79 Å². The summed E-state index contributed by atoms with van der Waals surface area (Å²) in [5.74, 6) is -2.06. The van der Waals surface area contributed by atoms with E-state index >= 15 is 0 Å². The number of hydrogen-bond acceptors (Lipinski definition) is 1. The van der Waals surface area contributed by atoms with Crippen molar-refractivity contribution < 1.29 is 13.6 Å². The summed E-state index contributed by atoms with van der Waals surface area (Å²) in [6.45, 7) is 0. The molecule has 0 atom stereocenters. The zero-order chi connectivity index (χ0) is 9.84. The number of primary amides is 1. The Morgan fingerprint density at radius 3 is 2.62 bits per heavy atom. The highest BCUT2D eigenvalue weighted by molar-refractivity contribution is 5.90. The number of carbonyl (C=O) groups excluding carboxylic acids is 1. The lowest BCUT2D eigenvalue weighted by Gasteiger charge is -1.95. The SMILES string of the molecule is NC(=O)/C=C/c1ccc(F)cc1F. The highest BCUT2D eigenvalue weighted by Gasteiger charge is 1.99. The predicted molar refractivity (Wildman–Crippen MR) is 44.6 cm³/mol. The van der Waals surface area contributed by atoms with Crippen LogP contribution < -0.4 is 5.73 Å². The van der Waals surface area contributed by atoms with Gasteiger partial charge in [0.15, 0.2) is 0 Å². The monoisotopic (exact) mass is 183 g/mol. The zero-order valence-electron chi connectivity index (χ0n) is 6.63. The van der Waals surface area contributed by atoms with Crippen LogP contribution in [0.1, 0.15) is 5.56 Å². The summed E-state index contributed by atoms with van der Waals surface area (Å²) in [6, 6.07) is 3.06. The molecule has 13 heavy (non-hydrogen) atoms. The Morgan fingerprint density at radius 1 is 1.38 bits per heavy atom. The topological polar surface area (TPSA) is 43.1 Å². The molecule has 4 heteroatoms. The average Bonchev–Trinajstić information content (AvgIpc) is 2.02. The molecule has 0 radical (unpaired) electrons. The second-order valence-corrected chi connectivity index (χ2v) is 2.40. The molecule has 1 aromatic carbocycles. The molecule has 0 fully saturated rings. The summed E-state index contributed by atoms with van der Waals surface area (Å²) in [6.07, 6.45) is 2.20. The van der Waals surface area contributed by atoms with E-state index in [2.05, 4.69) is 0 Å². The molecule has 1 rings (SSSR count). The van der Waals surface area contributed by atoms with Crippen molar-refractivity contribution in [3.8, 4) is 0 Å². The minimum absolute atomic E-state index is 0.125. The highest BCUT2D eigenvalue weighted by atomic mass is 19.1. The first-order valence-corrected chi connectivity index (χ1v) is 3.52. The first kappa shape index (κ1) is 9.38. The van der Waals surface area contributed by atoms with E-state index in [4.69, 9.17) is 5.73 Å². The normalized spacial score (nSPS) is 10.6. The van der Waals surface area contributed by atoms with Crippen molar-refractivity contribution in [2.75, 3.05) is 0 Å². The molecule has 0 aliphatic heterocycles. The molecule has 0 saturated heterocycles. The van der Waals surface area contributed by atoms with Crippen molar-refractivity contribution >= 4 is 12.0 Å². The molecule has 0 heterocycles. The Hall–Kier alpha value is -1.71. The van der Waals surface area contributed by atoms with Crippen LogP contribution >= 0.6 is 0 Å². The van der Waals surface area contributed by atoms with Gasteiger partial charge in [-0.3, -0.25) is 4.79 Å². The van der Waals surface area contributed by atoms with Crippen LogP contribution in [0.3, 0.4) is 0 Å². The van der Waals surface area contributed by atoms with Crippen molar-refractivity contribution in [3.05, 3.63) is 41.5 Å². The molecule has 0 bridgehead atoms. The largest absolute Gasteiger partial charge is 0.366 e. The second-order valence-electron chi connectivity index (χ2n) is 2.40. The van der Waals surface area contributed by atoms with E-state index < -0.39 is 17.5 Å². The Balaban J connectivity index is 2.96. The summed E-state index contributed by atoms with van der Waals surface area (Å²) in [5.41, 5.74) is 4.92. The Morgan fingerprint density at radius 2 is 2.08 bits per heavy atom. The summed E-state index contributed by atoms with van der Waals surface area (Å²) in [4.78, 5) is 10.3. The van der Waals surface area contributed by atoms with Gasteiger partial charge < -0.3 is 5.73 Å². The van der Waals surface area contributed by atoms with E-state index in [-0.39, 0.29) is 5.56 Å². The molecule has 68 valence electrons. The lowest BCUT2D eigenvalue weighted by atomic mass is 10.2. The fraction of sp³-hybridized carbons (Fsp3) is 0. The van der Waals surface area contributed by atoms with Gasteiger partial charge in [0.2, 0.25) is 5.91 Å². The van der Waals surface area contributed by atoms with Crippen LogP contribution in [0.5, 0.6) is 0 Å². The molecular formula is C9H7F2NO. The van der Waals surface area contributed by atoms with Gasteiger partial charge in [0, 0.05) is 17.7 Å². The summed E-state index contributed by atoms with van der Waals surface area (Å²) >= 11 is 0. The Kier molecular flexibility index (Phi) is 2.74. The standard InChI is InChI=1S/C9H7F2NO/c10-7-3-1-6(8(11)5-7)2-4-9(12)13/h1-5H,(H2,12,13)/b4-2+. The quantitative estimate of drug-likeness (QED) is 0.693. The molecule has 0 aliphatic carbocycles. The van der Waals surface area contributed by atoms with Crippen molar-refractivity contribution in [3.63, 3.8) is 0 Å².